The molecule has 2 aliphatic rings. The van der Waals surface area contributed by atoms with Crippen LogP contribution in [0.3, 0.4) is 0 Å². The van der Waals surface area contributed by atoms with E-state index in [2.05, 4.69) is 20.9 Å². The Bertz CT molecular complexity index is 767. The molecular weight excluding hydrogens is 406 g/mol. The van der Waals surface area contributed by atoms with Crippen molar-refractivity contribution < 1.29 is 18.3 Å². The largest absolute Gasteiger partial charge is 0.444 e. The van der Waals surface area contributed by atoms with E-state index in [1.54, 1.807) is 27.0 Å². The molecule has 1 atom stereocenters. The maximum absolute atomic E-state index is 14.0. The first-order valence-corrected chi connectivity index (χ1v) is 9.22. The zero-order chi connectivity index (χ0) is 19.1. The molecule has 0 aliphatic carbocycles. The number of nitrogens with zero attached hydrogens (tertiary/aromatic N) is 2. The van der Waals surface area contributed by atoms with Crippen molar-refractivity contribution in [2.75, 3.05) is 6.54 Å². The average molecular weight is 427 g/mol. The summed E-state index contributed by atoms with van der Waals surface area (Å²) in [5, 5.41) is 0. The zero-order valence-corrected chi connectivity index (χ0v) is 16.5. The minimum atomic E-state index is -2.94. The van der Waals surface area contributed by atoms with E-state index in [1.807, 2.05) is 24.3 Å². The molecule has 140 valence electrons. The van der Waals surface area contributed by atoms with Crippen molar-refractivity contribution in [1.29, 1.82) is 0 Å². The second kappa shape index (κ2) is 6.76. The van der Waals surface area contributed by atoms with E-state index in [0.29, 0.717) is 12.1 Å². The average Bonchev–Trinajstić information content (AvgIpc) is 3.10. The van der Waals surface area contributed by atoms with Gasteiger partial charge < -0.3 is 4.74 Å². The van der Waals surface area contributed by atoms with Crippen molar-refractivity contribution >= 4 is 33.3 Å². The van der Waals surface area contributed by atoms with Crippen LogP contribution in [-0.4, -0.2) is 40.8 Å². The molecule has 0 unspecified atom stereocenters. The Kier molecular flexibility index (Phi) is 4.94. The zero-order valence-electron chi connectivity index (χ0n) is 14.9. The Morgan fingerprint density at radius 3 is 2.58 bits per heavy atom. The number of benzene rings is 1. The SMILES string of the molecule is CC(C)(C)OC(=O)N1CC(F)(F)C[C@H]1C1=NC=C(c2ccc(Br)cc2)C1. The summed E-state index contributed by atoms with van der Waals surface area (Å²) >= 11 is 3.39. The smallest absolute Gasteiger partial charge is 0.411 e. The van der Waals surface area contributed by atoms with Gasteiger partial charge in [0.15, 0.2) is 0 Å². The van der Waals surface area contributed by atoms with Crippen LogP contribution in [-0.2, 0) is 4.74 Å². The van der Waals surface area contributed by atoms with Crippen LogP contribution in [0.4, 0.5) is 13.6 Å². The highest BCUT2D eigenvalue weighted by atomic mass is 79.9. The van der Waals surface area contributed by atoms with Gasteiger partial charge in [0, 0.05) is 29.2 Å². The van der Waals surface area contributed by atoms with Gasteiger partial charge in [0.25, 0.3) is 5.92 Å². The molecule has 26 heavy (non-hydrogen) atoms. The fourth-order valence-corrected chi connectivity index (χ4v) is 3.38. The van der Waals surface area contributed by atoms with Crippen LogP contribution in [0.1, 0.15) is 39.2 Å². The predicted molar refractivity (Wildman–Crippen MR) is 100 cm³/mol. The number of allylic oxidation sites excluding steroid dienone is 1. The summed E-state index contributed by atoms with van der Waals surface area (Å²) in [4.78, 5) is 17.9. The van der Waals surface area contributed by atoms with E-state index in [0.717, 1.165) is 20.5 Å². The number of ether oxygens (including phenoxy) is 1. The van der Waals surface area contributed by atoms with Crippen LogP contribution in [0, 0.1) is 0 Å². The summed E-state index contributed by atoms with van der Waals surface area (Å²) in [6.45, 7) is 4.51. The van der Waals surface area contributed by atoms with Crippen molar-refractivity contribution in [3.05, 3.63) is 40.5 Å². The van der Waals surface area contributed by atoms with Gasteiger partial charge in [0.05, 0.1) is 12.6 Å². The second-order valence-electron chi connectivity index (χ2n) is 7.64. The first-order valence-electron chi connectivity index (χ1n) is 8.43. The lowest BCUT2D eigenvalue weighted by Gasteiger charge is -2.28. The van der Waals surface area contributed by atoms with E-state index in [4.69, 9.17) is 4.74 Å². The van der Waals surface area contributed by atoms with Crippen molar-refractivity contribution in [1.82, 2.24) is 4.90 Å². The molecule has 2 heterocycles. The number of halogens is 3. The van der Waals surface area contributed by atoms with E-state index >= 15 is 0 Å². The lowest BCUT2D eigenvalue weighted by molar-refractivity contribution is -0.00210. The molecule has 1 aromatic rings. The summed E-state index contributed by atoms with van der Waals surface area (Å²) in [5.41, 5.74) is 1.77. The molecule has 0 radical (unpaired) electrons. The number of hydrogen-bond donors (Lipinski definition) is 0. The van der Waals surface area contributed by atoms with Crippen molar-refractivity contribution in [2.45, 2.75) is 51.2 Å². The van der Waals surface area contributed by atoms with Gasteiger partial charge in [-0.2, -0.15) is 0 Å². The second-order valence-corrected chi connectivity index (χ2v) is 8.56. The minimum absolute atomic E-state index is 0.424. The lowest BCUT2D eigenvalue weighted by atomic mass is 9.98. The molecule has 1 saturated heterocycles. The van der Waals surface area contributed by atoms with E-state index in [9.17, 15) is 13.6 Å². The highest BCUT2D eigenvalue weighted by Gasteiger charge is 2.50. The Balaban J connectivity index is 1.75. The molecule has 7 heteroatoms. The number of carbonyl (C=O) groups excluding carboxylic acids is 1. The summed E-state index contributed by atoms with van der Waals surface area (Å²) in [6.07, 6.45) is 0.996. The number of hydrogen-bond acceptors (Lipinski definition) is 3. The monoisotopic (exact) mass is 426 g/mol. The minimum Gasteiger partial charge on any atom is -0.444 e. The van der Waals surface area contributed by atoms with Gasteiger partial charge >= 0.3 is 6.09 Å². The fourth-order valence-electron chi connectivity index (χ4n) is 3.12. The van der Waals surface area contributed by atoms with E-state index in [-0.39, 0.29) is 0 Å². The Morgan fingerprint density at radius 2 is 1.96 bits per heavy atom. The normalized spacial score (nSPS) is 22.2. The van der Waals surface area contributed by atoms with Gasteiger partial charge in [0.1, 0.15) is 5.60 Å². The van der Waals surface area contributed by atoms with Crippen LogP contribution < -0.4 is 0 Å². The maximum Gasteiger partial charge on any atom is 0.411 e. The number of aliphatic imine (C=N–C) groups is 1. The summed E-state index contributed by atoms with van der Waals surface area (Å²) in [5.74, 6) is -2.94. The molecule has 4 nitrogen and oxygen atoms in total. The molecule has 0 spiro atoms. The first-order chi connectivity index (χ1) is 12.0. The number of alkyl halides is 2. The van der Waals surface area contributed by atoms with Crippen molar-refractivity contribution in [2.24, 2.45) is 4.99 Å². The number of amides is 1. The molecule has 2 aliphatic heterocycles. The van der Waals surface area contributed by atoms with Crippen LogP contribution in [0.2, 0.25) is 0 Å². The highest BCUT2D eigenvalue weighted by Crippen LogP contribution is 2.37. The Labute approximate surface area is 160 Å². The molecule has 0 saturated carbocycles. The third-order valence-electron chi connectivity index (χ3n) is 4.26. The van der Waals surface area contributed by atoms with Crippen molar-refractivity contribution in [3.63, 3.8) is 0 Å². The number of likely N-dealkylation sites (tertiary alicyclic amines) is 1. The topological polar surface area (TPSA) is 41.9 Å². The fraction of sp³-hybridized carbons (Fsp3) is 0.474. The predicted octanol–water partition coefficient (Wildman–Crippen LogP) is 5.28. The van der Waals surface area contributed by atoms with Gasteiger partial charge in [-0.05, 0) is 44.0 Å². The lowest BCUT2D eigenvalue weighted by Crippen LogP contribution is -2.43. The van der Waals surface area contributed by atoms with Gasteiger partial charge in [0.2, 0.25) is 0 Å². The third-order valence-corrected chi connectivity index (χ3v) is 4.78. The number of rotatable bonds is 2. The van der Waals surface area contributed by atoms with Crippen LogP contribution >= 0.6 is 15.9 Å². The number of carbonyl (C=O) groups is 1. The van der Waals surface area contributed by atoms with Crippen LogP contribution in [0.5, 0.6) is 0 Å². The molecule has 0 aromatic heterocycles. The molecule has 0 bridgehead atoms. The summed E-state index contributed by atoms with van der Waals surface area (Å²) in [6, 6.07) is 6.99. The van der Waals surface area contributed by atoms with Crippen molar-refractivity contribution in [3.8, 4) is 0 Å². The van der Waals surface area contributed by atoms with E-state index < -0.39 is 36.6 Å². The molecule has 3 rings (SSSR count). The molecule has 1 aromatic carbocycles. The van der Waals surface area contributed by atoms with Gasteiger partial charge in [-0.1, -0.05) is 28.1 Å². The molecule has 1 amide bonds. The van der Waals surface area contributed by atoms with E-state index in [1.165, 1.54) is 0 Å². The molecule has 1 fully saturated rings. The molecular formula is C19H21BrF2N2O2. The van der Waals surface area contributed by atoms with Crippen LogP contribution in [0.25, 0.3) is 5.57 Å². The third kappa shape index (κ3) is 4.31. The summed E-state index contributed by atoms with van der Waals surface area (Å²) < 4.78 is 34.3. The molecule has 0 N–H and O–H groups in total. The Morgan fingerprint density at radius 1 is 1.31 bits per heavy atom. The quantitative estimate of drug-likeness (QED) is 0.645. The maximum atomic E-state index is 14.0. The van der Waals surface area contributed by atoms with Gasteiger partial charge in [-0.3, -0.25) is 9.89 Å². The van der Waals surface area contributed by atoms with Crippen LogP contribution in [0.15, 0.2) is 39.9 Å². The first kappa shape index (κ1) is 19.0. The Hall–Kier alpha value is -1.76. The highest BCUT2D eigenvalue weighted by molar-refractivity contribution is 9.10. The van der Waals surface area contributed by atoms with Gasteiger partial charge in [-0.15, -0.1) is 0 Å². The summed E-state index contributed by atoms with van der Waals surface area (Å²) in [7, 11) is 0. The standard InChI is InChI=1S/C19H21BrF2N2O2/c1-18(2,3)26-17(25)24-11-19(21,22)9-16(24)15-8-13(10-23-15)12-4-6-14(20)7-5-12/h4-7,10,16H,8-9,11H2,1-3H3/t16-/m0/s1. The van der Waals surface area contributed by atoms with Gasteiger partial charge in [-0.25, -0.2) is 13.6 Å².